The van der Waals surface area contributed by atoms with Gasteiger partial charge in [-0.2, -0.15) is 9.61 Å². The van der Waals surface area contributed by atoms with Crippen LogP contribution in [0.2, 0.25) is 0 Å². The zero-order chi connectivity index (χ0) is 22.1. The van der Waals surface area contributed by atoms with E-state index >= 15 is 0 Å². The van der Waals surface area contributed by atoms with Crippen molar-refractivity contribution in [3.8, 4) is 28.1 Å². The largest absolute Gasteiger partial charge is 0.497 e. The van der Waals surface area contributed by atoms with Gasteiger partial charge in [0.1, 0.15) is 11.4 Å². The third-order valence-electron chi connectivity index (χ3n) is 5.72. The van der Waals surface area contributed by atoms with E-state index < -0.39 is 0 Å². The Kier molecular flexibility index (Phi) is 5.07. The molecule has 0 unspecified atom stereocenters. The van der Waals surface area contributed by atoms with Crippen molar-refractivity contribution >= 4 is 5.65 Å². The minimum Gasteiger partial charge on any atom is -0.497 e. The molecule has 2 aromatic heterocycles. The first-order chi connectivity index (χ1) is 15.7. The molecule has 32 heavy (non-hydrogen) atoms. The highest BCUT2D eigenvalue weighted by Crippen LogP contribution is 2.29. The summed E-state index contributed by atoms with van der Waals surface area (Å²) in [6.45, 7) is 1.93. The molecule has 0 atom stereocenters. The van der Waals surface area contributed by atoms with E-state index in [0.717, 1.165) is 45.0 Å². The summed E-state index contributed by atoms with van der Waals surface area (Å²) >= 11 is 0. The number of hydrogen-bond donors (Lipinski definition) is 1. The van der Waals surface area contributed by atoms with E-state index in [1.54, 1.807) is 7.11 Å². The molecule has 0 bridgehead atoms. The molecule has 2 heterocycles. The Labute approximate surface area is 185 Å². The highest BCUT2D eigenvalue weighted by Gasteiger charge is 2.20. The van der Waals surface area contributed by atoms with Gasteiger partial charge in [0.2, 0.25) is 0 Å². The smallest absolute Gasteiger partial charge is 0.282 e. The number of benzene rings is 3. The number of rotatable bonds is 5. The predicted molar refractivity (Wildman–Crippen MR) is 127 cm³/mol. The molecule has 3 aromatic carbocycles. The van der Waals surface area contributed by atoms with Crippen molar-refractivity contribution in [3.63, 3.8) is 0 Å². The highest BCUT2D eigenvalue weighted by atomic mass is 16.5. The van der Waals surface area contributed by atoms with E-state index in [4.69, 9.17) is 9.84 Å². The van der Waals surface area contributed by atoms with Crippen LogP contribution in [-0.2, 0) is 6.42 Å². The van der Waals surface area contributed by atoms with Crippen molar-refractivity contribution in [2.45, 2.75) is 13.3 Å². The topological polar surface area (TPSA) is 59.4 Å². The van der Waals surface area contributed by atoms with Crippen LogP contribution < -0.4 is 10.3 Å². The molecule has 5 rings (SSSR count). The van der Waals surface area contributed by atoms with Gasteiger partial charge in [-0.25, -0.2) is 0 Å². The zero-order valence-corrected chi connectivity index (χ0v) is 18.0. The third kappa shape index (κ3) is 3.48. The maximum absolute atomic E-state index is 13.6. The van der Waals surface area contributed by atoms with Crippen molar-refractivity contribution in [2.24, 2.45) is 0 Å². The molecule has 0 saturated heterocycles. The summed E-state index contributed by atoms with van der Waals surface area (Å²) in [4.78, 5) is 17.1. The number of ether oxygens (including phenoxy) is 1. The van der Waals surface area contributed by atoms with Gasteiger partial charge in [0.05, 0.1) is 18.4 Å². The van der Waals surface area contributed by atoms with E-state index in [1.165, 1.54) is 4.52 Å². The van der Waals surface area contributed by atoms with Crippen LogP contribution in [0.15, 0.2) is 89.7 Å². The first kappa shape index (κ1) is 19.8. The van der Waals surface area contributed by atoms with Crippen LogP contribution in [0.3, 0.4) is 0 Å². The molecule has 0 aliphatic carbocycles. The second-order valence-electron chi connectivity index (χ2n) is 7.77. The molecule has 5 aromatic rings. The molecule has 5 heteroatoms. The van der Waals surface area contributed by atoms with E-state index in [0.29, 0.717) is 12.0 Å². The Morgan fingerprint density at radius 2 is 1.53 bits per heavy atom. The molecule has 0 aliphatic heterocycles. The first-order valence-corrected chi connectivity index (χ1v) is 10.5. The van der Waals surface area contributed by atoms with Crippen LogP contribution in [0, 0.1) is 6.92 Å². The summed E-state index contributed by atoms with van der Waals surface area (Å²) in [5.41, 5.74) is 6.79. The van der Waals surface area contributed by atoms with Crippen molar-refractivity contribution < 1.29 is 4.74 Å². The minimum absolute atomic E-state index is 0.141. The molecule has 5 nitrogen and oxygen atoms in total. The number of nitrogens with zero attached hydrogens (tertiary/aromatic N) is 2. The average Bonchev–Trinajstić information content (AvgIpc) is 3.19. The number of hydrogen-bond acceptors (Lipinski definition) is 3. The fourth-order valence-electron chi connectivity index (χ4n) is 4.13. The van der Waals surface area contributed by atoms with E-state index in [1.807, 2.05) is 79.7 Å². The summed E-state index contributed by atoms with van der Waals surface area (Å²) in [6, 6.07) is 27.8. The zero-order valence-electron chi connectivity index (χ0n) is 18.0. The number of H-pyrrole nitrogens is 1. The average molecular weight is 422 g/mol. The van der Waals surface area contributed by atoms with Crippen LogP contribution in [0.25, 0.3) is 28.0 Å². The second kappa shape index (κ2) is 8.19. The Morgan fingerprint density at radius 3 is 2.19 bits per heavy atom. The maximum atomic E-state index is 13.6. The van der Waals surface area contributed by atoms with Gasteiger partial charge in [0.25, 0.3) is 5.56 Å². The summed E-state index contributed by atoms with van der Waals surface area (Å²) in [7, 11) is 1.63. The van der Waals surface area contributed by atoms with Crippen LogP contribution in [0.5, 0.6) is 5.75 Å². The fraction of sp³-hybridized carbons (Fsp3) is 0.111. The third-order valence-corrected chi connectivity index (χ3v) is 5.72. The van der Waals surface area contributed by atoms with Gasteiger partial charge >= 0.3 is 0 Å². The summed E-state index contributed by atoms with van der Waals surface area (Å²) in [5, 5.41) is 4.79. The molecule has 0 radical (unpaired) electrons. The van der Waals surface area contributed by atoms with E-state index in [2.05, 4.69) is 17.1 Å². The lowest BCUT2D eigenvalue weighted by Gasteiger charge is -2.09. The molecule has 0 spiro atoms. The Bertz CT molecular complexity index is 1430. The standard InChI is InChI=1S/C27H23N3O2/c1-18-24(20-13-15-22(32-2)16-14-20)27(31)30-26(28-18)23(17-19-9-5-3-6-10-19)25(29-30)21-11-7-4-8-12-21/h3-16,28H,17H2,1-2H3. The number of aromatic amines is 1. The van der Waals surface area contributed by atoms with Gasteiger partial charge in [0, 0.05) is 23.2 Å². The van der Waals surface area contributed by atoms with Crippen molar-refractivity contribution in [3.05, 3.63) is 112 Å². The monoisotopic (exact) mass is 421 g/mol. The number of aromatic nitrogens is 3. The number of aryl methyl sites for hydroxylation is 1. The minimum atomic E-state index is -0.141. The van der Waals surface area contributed by atoms with Crippen molar-refractivity contribution in [2.75, 3.05) is 7.11 Å². The lowest BCUT2D eigenvalue weighted by atomic mass is 10.0. The summed E-state index contributed by atoms with van der Waals surface area (Å²) in [6.07, 6.45) is 0.672. The normalized spacial score (nSPS) is 11.1. The molecular formula is C27H23N3O2. The van der Waals surface area contributed by atoms with Gasteiger partial charge in [-0.15, -0.1) is 0 Å². The predicted octanol–water partition coefficient (Wildman–Crippen LogP) is 5.26. The molecular weight excluding hydrogens is 398 g/mol. The Hall–Kier alpha value is -4.12. The van der Waals surface area contributed by atoms with Crippen molar-refractivity contribution in [1.29, 1.82) is 0 Å². The van der Waals surface area contributed by atoms with Gasteiger partial charge in [-0.1, -0.05) is 72.8 Å². The van der Waals surface area contributed by atoms with Gasteiger partial charge in [-0.05, 0) is 30.2 Å². The number of fused-ring (bicyclic) bond motifs is 1. The van der Waals surface area contributed by atoms with Crippen molar-refractivity contribution in [1.82, 2.24) is 14.6 Å². The molecule has 0 fully saturated rings. The fourth-order valence-corrected chi connectivity index (χ4v) is 4.13. The Morgan fingerprint density at radius 1 is 0.875 bits per heavy atom. The lowest BCUT2D eigenvalue weighted by Crippen LogP contribution is -2.19. The van der Waals surface area contributed by atoms with Crippen LogP contribution in [0.4, 0.5) is 0 Å². The summed E-state index contributed by atoms with van der Waals surface area (Å²) < 4.78 is 6.76. The van der Waals surface area contributed by atoms with E-state index in [9.17, 15) is 4.79 Å². The quantitative estimate of drug-likeness (QED) is 0.421. The second-order valence-corrected chi connectivity index (χ2v) is 7.77. The molecule has 0 amide bonds. The molecule has 0 saturated carbocycles. The number of methoxy groups -OCH3 is 1. The molecule has 1 N–H and O–H groups in total. The summed E-state index contributed by atoms with van der Waals surface area (Å²) in [5.74, 6) is 0.750. The van der Waals surface area contributed by atoms with Crippen LogP contribution in [-0.4, -0.2) is 21.7 Å². The SMILES string of the molecule is COc1ccc(-c2c(C)[nH]c3c(Cc4ccccc4)c(-c4ccccc4)nn3c2=O)cc1. The van der Waals surface area contributed by atoms with Gasteiger partial charge in [0.15, 0.2) is 0 Å². The molecule has 158 valence electrons. The maximum Gasteiger partial charge on any atom is 0.282 e. The van der Waals surface area contributed by atoms with Crippen LogP contribution in [0.1, 0.15) is 16.8 Å². The number of nitrogens with one attached hydrogen (secondary N) is 1. The van der Waals surface area contributed by atoms with Crippen LogP contribution >= 0.6 is 0 Å². The van der Waals surface area contributed by atoms with Gasteiger partial charge < -0.3 is 9.72 Å². The Balaban J connectivity index is 1.74. The van der Waals surface area contributed by atoms with E-state index in [-0.39, 0.29) is 5.56 Å². The molecule has 0 aliphatic rings. The lowest BCUT2D eigenvalue weighted by molar-refractivity contribution is 0.415. The van der Waals surface area contributed by atoms with Gasteiger partial charge in [-0.3, -0.25) is 4.79 Å². The first-order valence-electron chi connectivity index (χ1n) is 10.5. The highest BCUT2D eigenvalue weighted by molar-refractivity contribution is 5.74.